The number of piperidine rings is 1. The average Bonchev–Trinajstić information content (AvgIpc) is 3.03. The second-order valence-corrected chi connectivity index (χ2v) is 10.1. The van der Waals surface area contributed by atoms with E-state index < -0.39 is 24.4 Å². The molecule has 0 saturated carbocycles. The van der Waals surface area contributed by atoms with Crippen molar-refractivity contribution in [2.75, 3.05) is 13.1 Å². The summed E-state index contributed by atoms with van der Waals surface area (Å²) in [6.07, 6.45) is 2.80. The van der Waals surface area contributed by atoms with Crippen LogP contribution in [0.3, 0.4) is 0 Å². The summed E-state index contributed by atoms with van der Waals surface area (Å²) in [5.41, 5.74) is -0.148. The highest BCUT2D eigenvalue weighted by Gasteiger charge is 2.52. The molecule has 2 aliphatic rings. The van der Waals surface area contributed by atoms with Gasteiger partial charge >= 0.3 is 13.2 Å². The molecule has 0 unspecified atom stereocenters. The van der Waals surface area contributed by atoms with Gasteiger partial charge < -0.3 is 19.3 Å². The first-order valence-electron chi connectivity index (χ1n) is 9.89. The van der Waals surface area contributed by atoms with Gasteiger partial charge in [0, 0.05) is 31.3 Å². The van der Waals surface area contributed by atoms with Gasteiger partial charge in [-0.15, -0.1) is 0 Å². The molecule has 2 fully saturated rings. The summed E-state index contributed by atoms with van der Waals surface area (Å²) in [4.78, 5) is 12.6. The van der Waals surface area contributed by atoms with Gasteiger partial charge in [0.2, 0.25) is 0 Å². The SMILES string of the molecule is CC(C)(Cn1cc(B2OC(C)(C)C(C)(C)O2)c(Cl)n1)C1CCN(C(=O)O)CC1. The van der Waals surface area contributed by atoms with E-state index in [4.69, 9.17) is 26.0 Å². The molecule has 0 atom stereocenters. The maximum absolute atomic E-state index is 11.1. The number of aromatic nitrogens is 2. The van der Waals surface area contributed by atoms with Crippen LogP contribution < -0.4 is 5.46 Å². The van der Waals surface area contributed by atoms with Crippen LogP contribution in [-0.2, 0) is 15.9 Å². The first kappa shape index (κ1) is 21.5. The number of carboxylic acid groups (broad SMARTS) is 1. The zero-order chi connectivity index (χ0) is 20.9. The highest BCUT2D eigenvalue weighted by atomic mass is 35.5. The molecule has 0 spiro atoms. The lowest BCUT2D eigenvalue weighted by molar-refractivity contribution is 0.00578. The predicted molar refractivity (Wildman–Crippen MR) is 109 cm³/mol. The molecule has 0 bridgehead atoms. The van der Waals surface area contributed by atoms with Gasteiger partial charge in [-0.05, 0) is 51.9 Å². The maximum atomic E-state index is 11.1. The Bertz CT molecular complexity index is 726. The zero-order valence-electron chi connectivity index (χ0n) is 17.7. The lowest BCUT2D eigenvalue weighted by Crippen LogP contribution is -2.42. The van der Waals surface area contributed by atoms with Crippen molar-refractivity contribution in [2.45, 2.75) is 72.1 Å². The Balaban J connectivity index is 1.69. The highest BCUT2D eigenvalue weighted by molar-refractivity contribution is 6.65. The van der Waals surface area contributed by atoms with Crippen LogP contribution in [0.4, 0.5) is 4.79 Å². The van der Waals surface area contributed by atoms with Gasteiger partial charge in [0.25, 0.3) is 0 Å². The first-order chi connectivity index (χ1) is 12.8. The van der Waals surface area contributed by atoms with Gasteiger partial charge in [-0.1, -0.05) is 25.4 Å². The van der Waals surface area contributed by atoms with Gasteiger partial charge in [-0.25, -0.2) is 4.79 Å². The third kappa shape index (κ3) is 4.05. The quantitative estimate of drug-likeness (QED) is 0.770. The Kier molecular flexibility index (Phi) is 5.53. The smallest absolute Gasteiger partial charge is 0.465 e. The Morgan fingerprint density at radius 2 is 1.82 bits per heavy atom. The van der Waals surface area contributed by atoms with Crippen molar-refractivity contribution >= 4 is 30.3 Å². The molecule has 2 aliphatic heterocycles. The maximum Gasteiger partial charge on any atom is 0.499 e. The summed E-state index contributed by atoms with van der Waals surface area (Å²) in [5, 5.41) is 14.0. The molecule has 9 heteroatoms. The van der Waals surface area contributed by atoms with E-state index in [1.807, 2.05) is 38.6 Å². The van der Waals surface area contributed by atoms with E-state index in [2.05, 4.69) is 18.9 Å². The van der Waals surface area contributed by atoms with Crippen molar-refractivity contribution in [3.05, 3.63) is 11.3 Å². The topological polar surface area (TPSA) is 76.8 Å². The molecule has 3 heterocycles. The van der Waals surface area contributed by atoms with Crippen LogP contribution in [0, 0.1) is 11.3 Å². The molecule has 0 aliphatic carbocycles. The monoisotopic (exact) mass is 411 g/mol. The van der Waals surface area contributed by atoms with Crippen LogP contribution in [0.15, 0.2) is 6.20 Å². The van der Waals surface area contributed by atoms with Gasteiger partial charge in [-0.2, -0.15) is 5.10 Å². The summed E-state index contributed by atoms with van der Waals surface area (Å²) in [7, 11) is -0.534. The van der Waals surface area contributed by atoms with Gasteiger partial charge in [-0.3, -0.25) is 4.68 Å². The van der Waals surface area contributed by atoms with Crippen LogP contribution in [0.5, 0.6) is 0 Å². The zero-order valence-corrected chi connectivity index (χ0v) is 18.4. The van der Waals surface area contributed by atoms with Crippen molar-refractivity contribution in [1.82, 2.24) is 14.7 Å². The molecule has 0 aromatic carbocycles. The third-order valence-electron chi connectivity index (χ3n) is 6.69. The molecule has 2 saturated heterocycles. The first-order valence-corrected chi connectivity index (χ1v) is 10.3. The molecular weight excluding hydrogens is 380 g/mol. The summed E-state index contributed by atoms with van der Waals surface area (Å²) in [5.74, 6) is 0.423. The van der Waals surface area contributed by atoms with E-state index >= 15 is 0 Å². The molecule has 1 aromatic rings. The molecule has 7 nitrogen and oxygen atoms in total. The van der Waals surface area contributed by atoms with Crippen molar-refractivity contribution in [3.8, 4) is 0 Å². The normalized spacial score (nSPS) is 22.7. The standard InChI is InChI=1S/C19H31BClN3O4/c1-17(2,13-7-9-23(10-8-13)16(25)26)12-24-11-14(15(21)22-24)20-27-18(3,4)19(5,6)28-20/h11,13H,7-10,12H2,1-6H3,(H,25,26). The number of hydrogen-bond donors (Lipinski definition) is 1. The Hall–Kier alpha value is -1.25. The summed E-state index contributed by atoms with van der Waals surface area (Å²) in [6, 6.07) is 0. The van der Waals surface area contributed by atoms with Crippen LogP contribution in [-0.4, -0.2) is 57.3 Å². The molecule has 28 heavy (non-hydrogen) atoms. The van der Waals surface area contributed by atoms with E-state index in [9.17, 15) is 4.79 Å². The van der Waals surface area contributed by atoms with Gasteiger partial charge in [0.1, 0.15) is 0 Å². The fourth-order valence-corrected chi connectivity index (χ4v) is 4.26. The average molecular weight is 412 g/mol. The fourth-order valence-electron chi connectivity index (χ4n) is 4.02. The molecule has 1 amide bonds. The van der Waals surface area contributed by atoms with E-state index in [1.165, 1.54) is 4.90 Å². The van der Waals surface area contributed by atoms with Crippen LogP contribution in [0.25, 0.3) is 0 Å². The lowest BCUT2D eigenvalue weighted by Gasteiger charge is -2.39. The lowest BCUT2D eigenvalue weighted by atomic mass is 9.73. The predicted octanol–water partition coefficient (Wildman–Crippen LogP) is 3.25. The molecular formula is C19H31BClN3O4. The Morgan fingerprint density at radius 1 is 1.29 bits per heavy atom. The largest absolute Gasteiger partial charge is 0.499 e. The second-order valence-electron chi connectivity index (χ2n) is 9.69. The number of nitrogens with zero attached hydrogens (tertiary/aromatic N) is 3. The Morgan fingerprint density at radius 3 is 2.32 bits per heavy atom. The fraction of sp³-hybridized carbons (Fsp3) is 0.789. The highest BCUT2D eigenvalue weighted by Crippen LogP contribution is 2.38. The number of likely N-dealkylation sites (tertiary alicyclic amines) is 1. The summed E-state index contributed by atoms with van der Waals surface area (Å²) >= 11 is 6.42. The summed E-state index contributed by atoms with van der Waals surface area (Å²) in [6.45, 7) is 14.3. The van der Waals surface area contributed by atoms with E-state index in [0.29, 0.717) is 30.7 Å². The minimum absolute atomic E-state index is 0.0346. The van der Waals surface area contributed by atoms with Crippen molar-refractivity contribution in [2.24, 2.45) is 11.3 Å². The van der Waals surface area contributed by atoms with Crippen molar-refractivity contribution < 1.29 is 19.2 Å². The molecule has 1 N–H and O–H groups in total. The number of carbonyl (C=O) groups is 1. The number of hydrogen-bond acceptors (Lipinski definition) is 4. The number of rotatable bonds is 4. The van der Waals surface area contributed by atoms with Gasteiger partial charge in [0.05, 0.1) is 11.2 Å². The van der Waals surface area contributed by atoms with Crippen LogP contribution in [0.2, 0.25) is 5.15 Å². The van der Waals surface area contributed by atoms with Gasteiger partial charge in [0.15, 0.2) is 5.15 Å². The van der Waals surface area contributed by atoms with E-state index in [-0.39, 0.29) is 5.41 Å². The van der Waals surface area contributed by atoms with Crippen LogP contribution >= 0.6 is 11.6 Å². The molecule has 156 valence electrons. The van der Waals surface area contributed by atoms with E-state index in [0.717, 1.165) is 18.3 Å². The van der Waals surface area contributed by atoms with E-state index in [1.54, 1.807) is 0 Å². The molecule has 1 aromatic heterocycles. The van der Waals surface area contributed by atoms with Crippen LogP contribution in [0.1, 0.15) is 54.4 Å². The van der Waals surface area contributed by atoms with Crippen molar-refractivity contribution in [3.63, 3.8) is 0 Å². The third-order valence-corrected chi connectivity index (χ3v) is 6.98. The Labute approximate surface area is 172 Å². The summed E-state index contributed by atoms with van der Waals surface area (Å²) < 4.78 is 14.1. The second kappa shape index (κ2) is 7.22. The molecule has 3 rings (SSSR count). The number of halogens is 1. The number of amides is 1. The minimum Gasteiger partial charge on any atom is -0.465 e. The molecule has 0 radical (unpaired) electrons. The van der Waals surface area contributed by atoms with Crippen molar-refractivity contribution in [1.29, 1.82) is 0 Å². The minimum atomic E-state index is -0.831.